The highest BCUT2D eigenvalue weighted by Crippen LogP contribution is 2.44. The Bertz CT molecular complexity index is 619. The number of hydrogen-bond donors (Lipinski definition) is 0. The molecule has 1 nitrogen and oxygen atoms in total. The molecule has 0 radical (unpaired) electrons. The molecule has 1 unspecified atom stereocenters. The number of benzene rings is 1. The number of aryl methyl sites for hydroxylation is 2. The number of allylic oxidation sites excluding steroid dienone is 3. The molecule has 1 heteroatoms. The highest BCUT2D eigenvalue weighted by atomic mass is 15.2. The monoisotopic (exact) mass is 251 g/mol. The van der Waals surface area contributed by atoms with Crippen molar-refractivity contribution in [2.75, 3.05) is 4.90 Å². The second kappa shape index (κ2) is 4.12. The maximum Gasteiger partial charge on any atom is 0.0521 e. The van der Waals surface area contributed by atoms with Crippen LogP contribution in [0.5, 0.6) is 0 Å². The molecule has 0 bridgehead atoms. The normalized spacial score (nSPS) is 21.0. The summed E-state index contributed by atoms with van der Waals surface area (Å²) in [6.45, 7) is 14.9. The van der Waals surface area contributed by atoms with E-state index in [1.54, 1.807) is 0 Å². The lowest BCUT2D eigenvalue weighted by atomic mass is 9.84. The van der Waals surface area contributed by atoms with Crippen LogP contribution in [0.2, 0.25) is 0 Å². The molecule has 0 saturated carbocycles. The predicted octanol–water partition coefficient (Wildman–Crippen LogP) is 4.62. The van der Waals surface area contributed by atoms with Crippen molar-refractivity contribution in [1.82, 2.24) is 0 Å². The molecule has 2 aliphatic rings. The molecule has 3 rings (SSSR count). The highest BCUT2D eigenvalue weighted by Gasteiger charge is 2.30. The lowest BCUT2D eigenvalue weighted by molar-refractivity contribution is 0.610. The standard InChI is InChI=1S/C18H21N/c1-11(2)17-10-19-13(4)6-7-15-8-12(3)9-16(14(17)5)18(15)19/h8-10,13H,1,5-7H2,2-4H3. The second-order valence-electron chi connectivity index (χ2n) is 5.92. The first-order valence-electron chi connectivity index (χ1n) is 6.98. The molecular formula is C18H21N. The summed E-state index contributed by atoms with van der Waals surface area (Å²) >= 11 is 0. The molecule has 0 aromatic heterocycles. The van der Waals surface area contributed by atoms with Gasteiger partial charge in [-0.05, 0) is 56.4 Å². The van der Waals surface area contributed by atoms with Crippen molar-refractivity contribution in [3.63, 3.8) is 0 Å². The van der Waals surface area contributed by atoms with E-state index < -0.39 is 0 Å². The van der Waals surface area contributed by atoms with Crippen molar-refractivity contribution in [2.45, 2.75) is 39.7 Å². The van der Waals surface area contributed by atoms with Crippen LogP contribution in [0, 0.1) is 6.92 Å². The van der Waals surface area contributed by atoms with Crippen molar-refractivity contribution in [3.05, 3.63) is 59.3 Å². The fourth-order valence-corrected chi connectivity index (χ4v) is 3.22. The van der Waals surface area contributed by atoms with Crippen molar-refractivity contribution < 1.29 is 0 Å². The van der Waals surface area contributed by atoms with Gasteiger partial charge in [0.2, 0.25) is 0 Å². The van der Waals surface area contributed by atoms with Gasteiger partial charge in [-0.25, -0.2) is 0 Å². The van der Waals surface area contributed by atoms with Gasteiger partial charge >= 0.3 is 0 Å². The average Bonchev–Trinajstić information content (AvgIpc) is 2.35. The van der Waals surface area contributed by atoms with Gasteiger partial charge in [0.1, 0.15) is 0 Å². The third kappa shape index (κ3) is 1.76. The zero-order valence-corrected chi connectivity index (χ0v) is 12.1. The summed E-state index contributed by atoms with van der Waals surface area (Å²) in [7, 11) is 0. The Morgan fingerprint density at radius 1 is 1.37 bits per heavy atom. The maximum absolute atomic E-state index is 4.30. The SMILES string of the molecule is C=C(C)C1=CN2c3c(cc(C)cc3C1=C)CCC2C. The van der Waals surface area contributed by atoms with Gasteiger partial charge in [0.15, 0.2) is 0 Å². The Kier molecular flexibility index (Phi) is 2.67. The maximum atomic E-state index is 4.30. The van der Waals surface area contributed by atoms with Crippen molar-refractivity contribution in [3.8, 4) is 0 Å². The first-order valence-corrected chi connectivity index (χ1v) is 6.98. The molecule has 19 heavy (non-hydrogen) atoms. The van der Waals surface area contributed by atoms with Gasteiger partial charge in [-0.2, -0.15) is 0 Å². The quantitative estimate of drug-likeness (QED) is 0.703. The summed E-state index contributed by atoms with van der Waals surface area (Å²) in [5, 5.41) is 0. The summed E-state index contributed by atoms with van der Waals surface area (Å²) in [6.07, 6.45) is 4.63. The molecular weight excluding hydrogens is 230 g/mol. The van der Waals surface area contributed by atoms with Crippen LogP contribution in [0.1, 0.15) is 37.0 Å². The number of anilines is 1. The van der Waals surface area contributed by atoms with Crippen molar-refractivity contribution in [2.24, 2.45) is 0 Å². The summed E-state index contributed by atoms with van der Waals surface area (Å²) in [5.74, 6) is 0. The van der Waals surface area contributed by atoms with Gasteiger partial charge in [-0.3, -0.25) is 0 Å². The Morgan fingerprint density at radius 2 is 2.11 bits per heavy atom. The summed E-state index contributed by atoms with van der Waals surface area (Å²) in [6, 6.07) is 5.14. The minimum atomic E-state index is 0.552. The van der Waals surface area contributed by atoms with Gasteiger partial charge in [0, 0.05) is 23.4 Å². The van der Waals surface area contributed by atoms with E-state index in [0.29, 0.717) is 6.04 Å². The van der Waals surface area contributed by atoms with Crippen LogP contribution < -0.4 is 4.90 Å². The van der Waals surface area contributed by atoms with Crippen molar-refractivity contribution >= 4 is 11.3 Å². The molecule has 1 aromatic rings. The molecule has 1 atom stereocenters. The molecule has 1 aromatic carbocycles. The molecule has 0 aliphatic carbocycles. The molecule has 0 amide bonds. The molecule has 0 fully saturated rings. The lowest BCUT2D eigenvalue weighted by Crippen LogP contribution is -2.35. The number of rotatable bonds is 1. The largest absolute Gasteiger partial charge is 0.344 e. The van der Waals surface area contributed by atoms with E-state index in [0.717, 1.165) is 11.1 Å². The van der Waals surface area contributed by atoms with Gasteiger partial charge in [-0.15, -0.1) is 0 Å². The topological polar surface area (TPSA) is 3.24 Å². The number of hydrogen-bond acceptors (Lipinski definition) is 1. The van der Waals surface area contributed by atoms with Crippen LogP contribution in [0.15, 0.2) is 42.6 Å². The van der Waals surface area contributed by atoms with Crippen LogP contribution in [-0.4, -0.2) is 6.04 Å². The molecule has 98 valence electrons. The molecule has 2 heterocycles. The minimum absolute atomic E-state index is 0.552. The molecule has 2 aliphatic heterocycles. The molecule has 0 spiro atoms. The Hall–Kier alpha value is -1.76. The van der Waals surface area contributed by atoms with Crippen LogP contribution in [0.25, 0.3) is 5.57 Å². The second-order valence-corrected chi connectivity index (χ2v) is 5.92. The smallest absolute Gasteiger partial charge is 0.0521 e. The number of nitrogens with zero attached hydrogens (tertiary/aromatic N) is 1. The summed E-state index contributed by atoms with van der Waals surface area (Å²) < 4.78 is 0. The lowest BCUT2D eigenvalue weighted by Gasteiger charge is -2.40. The first-order chi connectivity index (χ1) is 8.99. The van der Waals surface area contributed by atoms with Gasteiger partial charge in [-0.1, -0.05) is 24.8 Å². The fourth-order valence-electron chi connectivity index (χ4n) is 3.22. The van der Waals surface area contributed by atoms with E-state index in [1.165, 1.54) is 40.8 Å². The molecule has 0 saturated heterocycles. The van der Waals surface area contributed by atoms with E-state index in [9.17, 15) is 0 Å². The Balaban J connectivity index is 2.27. The third-order valence-corrected chi connectivity index (χ3v) is 4.28. The van der Waals surface area contributed by atoms with Crippen LogP contribution in [-0.2, 0) is 6.42 Å². The predicted molar refractivity (Wildman–Crippen MR) is 83.4 cm³/mol. The first kappa shape index (κ1) is 12.3. The van der Waals surface area contributed by atoms with Gasteiger partial charge < -0.3 is 4.90 Å². The van der Waals surface area contributed by atoms with Crippen LogP contribution in [0.3, 0.4) is 0 Å². The van der Waals surface area contributed by atoms with E-state index in [1.807, 2.05) is 0 Å². The Morgan fingerprint density at radius 3 is 2.79 bits per heavy atom. The van der Waals surface area contributed by atoms with Gasteiger partial charge in [0.25, 0.3) is 0 Å². The highest BCUT2D eigenvalue weighted by molar-refractivity contribution is 5.93. The van der Waals surface area contributed by atoms with E-state index in [4.69, 9.17) is 0 Å². The fraction of sp³-hybridized carbons (Fsp3) is 0.333. The Labute approximate surface area is 115 Å². The van der Waals surface area contributed by atoms with E-state index in [2.05, 4.69) is 57.2 Å². The minimum Gasteiger partial charge on any atom is -0.344 e. The van der Waals surface area contributed by atoms with E-state index >= 15 is 0 Å². The third-order valence-electron chi connectivity index (χ3n) is 4.28. The zero-order chi connectivity index (χ0) is 13.7. The molecule has 0 N–H and O–H groups in total. The van der Waals surface area contributed by atoms with Crippen LogP contribution in [0.4, 0.5) is 5.69 Å². The summed E-state index contributed by atoms with van der Waals surface area (Å²) in [4.78, 5) is 2.42. The van der Waals surface area contributed by atoms with Gasteiger partial charge in [0.05, 0.1) is 5.69 Å². The van der Waals surface area contributed by atoms with Crippen LogP contribution >= 0.6 is 0 Å². The van der Waals surface area contributed by atoms with Crippen molar-refractivity contribution in [1.29, 1.82) is 0 Å². The zero-order valence-electron chi connectivity index (χ0n) is 12.1. The average molecular weight is 251 g/mol. The summed E-state index contributed by atoms with van der Waals surface area (Å²) in [5.41, 5.74) is 8.87. The van der Waals surface area contributed by atoms with E-state index in [-0.39, 0.29) is 0 Å².